The first-order chi connectivity index (χ1) is 11.6. The van der Waals surface area contributed by atoms with Gasteiger partial charge in [0.25, 0.3) is 0 Å². The first-order valence-electron chi connectivity index (χ1n) is 7.25. The van der Waals surface area contributed by atoms with Crippen LogP contribution in [0.25, 0.3) is 5.73 Å². The average molecular weight is 417 g/mol. The summed E-state index contributed by atoms with van der Waals surface area (Å²) in [6.07, 6.45) is 1.35. The van der Waals surface area contributed by atoms with Crippen LogP contribution in [0.4, 0.5) is 0 Å². The number of hydrogen-bond acceptors (Lipinski definition) is 9. The fourth-order valence-corrected chi connectivity index (χ4v) is 0.289. The van der Waals surface area contributed by atoms with Gasteiger partial charge in [-0.3, -0.25) is 0 Å². The maximum absolute atomic E-state index is 8.03. The van der Waals surface area contributed by atoms with Gasteiger partial charge in [-0.1, -0.05) is 47.3 Å². The quantitative estimate of drug-likeness (QED) is 0.235. The Morgan fingerprint density at radius 1 is 0.923 bits per heavy atom. The van der Waals surface area contributed by atoms with Gasteiger partial charge in [-0.05, 0) is 27.7 Å². The first-order valence-corrected chi connectivity index (χ1v) is 7.25. The van der Waals surface area contributed by atoms with Crippen LogP contribution in [-0.2, 0) is 16.8 Å². The van der Waals surface area contributed by atoms with E-state index in [2.05, 4.69) is 27.5 Å². The predicted octanol–water partition coefficient (Wildman–Crippen LogP) is 3.94. The van der Waals surface area contributed by atoms with Gasteiger partial charge in [-0.15, -0.1) is 6.04 Å². The van der Waals surface area contributed by atoms with Crippen molar-refractivity contribution in [3.8, 4) is 6.07 Å². The smallest absolute Gasteiger partial charge is 0.675 e. The number of nitrogens with zero attached hydrogens (tertiary/aromatic N) is 5. The zero-order valence-electron chi connectivity index (χ0n) is 16.1. The molecule has 0 fully saturated rings. The molecule has 0 rings (SSSR count). The molecule has 11 heteroatoms. The molecule has 0 aromatic carbocycles. The summed E-state index contributed by atoms with van der Waals surface area (Å²) in [4.78, 5) is 0. The average Bonchev–Trinajstić information content (AvgIpc) is 2.66. The standard InChI is InChI=1S/2C4H8N2O2.C4H10N.C3H4N.Co/c2*1-3(5-7)4(2)6-8;1-3-4(2)5;1-2-3-4;/h2*7-8H,1-2H3;4-5H,3H2,1-2H3;1-2H2;/q;;2*-1;+2/b2*5-3+,6-4+;;;. The van der Waals surface area contributed by atoms with Crippen molar-refractivity contribution in [3.05, 3.63) is 12.7 Å². The molecule has 0 aliphatic rings. The van der Waals surface area contributed by atoms with E-state index in [1.807, 2.05) is 19.9 Å². The number of rotatable bonds is 3. The van der Waals surface area contributed by atoms with Crippen LogP contribution in [0.3, 0.4) is 0 Å². The van der Waals surface area contributed by atoms with Gasteiger partial charge in [0, 0.05) is 6.07 Å². The molecule has 0 aliphatic heterocycles. The summed E-state index contributed by atoms with van der Waals surface area (Å²) in [5.41, 5.74) is 8.08. The summed E-state index contributed by atoms with van der Waals surface area (Å²) in [6.45, 7) is 13.3. The summed E-state index contributed by atoms with van der Waals surface area (Å²) in [5.74, 6) is 0. The summed E-state index contributed by atoms with van der Waals surface area (Å²) < 4.78 is 0. The molecule has 0 aromatic rings. The molecule has 0 amide bonds. The molecule has 5 N–H and O–H groups in total. The largest absolute Gasteiger partial charge is 2.00 e. The number of nitriles is 1. The fraction of sp³-hybridized carbons (Fsp3) is 0.600. The van der Waals surface area contributed by atoms with Gasteiger partial charge >= 0.3 is 16.8 Å². The second kappa shape index (κ2) is 27.7. The number of hydrogen-bond donors (Lipinski definition) is 4. The van der Waals surface area contributed by atoms with Crippen LogP contribution in [0.1, 0.15) is 54.4 Å². The van der Waals surface area contributed by atoms with Crippen LogP contribution in [0.5, 0.6) is 0 Å². The molecule has 0 bridgehead atoms. The van der Waals surface area contributed by atoms with Crippen molar-refractivity contribution in [2.24, 2.45) is 20.6 Å². The van der Waals surface area contributed by atoms with Crippen LogP contribution in [0, 0.1) is 18.3 Å². The van der Waals surface area contributed by atoms with Crippen molar-refractivity contribution in [1.82, 2.24) is 0 Å². The first kappa shape index (κ1) is 35.0. The molecular weight excluding hydrogens is 387 g/mol. The maximum Gasteiger partial charge on any atom is 2.00 e. The summed E-state index contributed by atoms with van der Waals surface area (Å²) in [6, 6.07) is 1.95. The van der Waals surface area contributed by atoms with Gasteiger partial charge < -0.3 is 33.5 Å². The molecule has 0 aromatic heterocycles. The SMILES string of the molecule is CC(=N\O)/C(C)=N/O.CC(=N\O)/C(C)=N/O.CCC(C)[NH-].[CH2-]CC#N.[Co+2]. The molecule has 26 heavy (non-hydrogen) atoms. The Morgan fingerprint density at radius 3 is 1.12 bits per heavy atom. The van der Waals surface area contributed by atoms with Gasteiger partial charge in [0.2, 0.25) is 0 Å². The fourth-order valence-electron chi connectivity index (χ4n) is 0.289. The van der Waals surface area contributed by atoms with Crippen LogP contribution < -0.4 is 0 Å². The van der Waals surface area contributed by atoms with E-state index in [9.17, 15) is 0 Å². The van der Waals surface area contributed by atoms with E-state index in [-0.39, 0.29) is 22.8 Å². The minimum Gasteiger partial charge on any atom is -0.675 e. The third-order valence-electron chi connectivity index (χ3n) is 2.37. The Kier molecular flexibility index (Phi) is 37.3. The van der Waals surface area contributed by atoms with Gasteiger partial charge in [0.1, 0.15) is 22.8 Å². The molecular formula is C15H30CoN6O4. The Morgan fingerprint density at radius 2 is 1.08 bits per heavy atom. The van der Waals surface area contributed by atoms with Crippen molar-refractivity contribution in [2.75, 3.05) is 0 Å². The second-order valence-electron chi connectivity index (χ2n) is 4.46. The van der Waals surface area contributed by atoms with Gasteiger partial charge in [-0.25, -0.2) is 5.26 Å². The van der Waals surface area contributed by atoms with Crippen LogP contribution in [0.2, 0.25) is 0 Å². The van der Waals surface area contributed by atoms with Crippen molar-refractivity contribution in [2.45, 2.75) is 60.4 Å². The van der Waals surface area contributed by atoms with E-state index in [1.54, 1.807) is 0 Å². The van der Waals surface area contributed by atoms with E-state index >= 15 is 0 Å². The van der Waals surface area contributed by atoms with Gasteiger partial charge in [0.05, 0.1) is 0 Å². The monoisotopic (exact) mass is 417 g/mol. The zero-order chi connectivity index (χ0) is 20.8. The molecule has 0 saturated heterocycles. The summed E-state index contributed by atoms with van der Waals surface area (Å²) >= 11 is 0. The minimum atomic E-state index is 0. The van der Waals surface area contributed by atoms with Crippen molar-refractivity contribution < 1.29 is 37.6 Å². The van der Waals surface area contributed by atoms with Crippen LogP contribution in [0.15, 0.2) is 20.6 Å². The third-order valence-corrected chi connectivity index (χ3v) is 2.37. The maximum atomic E-state index is 8.03. The van der Waals surface area contributed by atoms with E-state index in [4.69, 9.17) is 31.8 Å². The minimum absolute atomic E-state index is 0. The number of nitrogens with one attached hydrogen (secondary N) is 1. The summed E-state index contributed by atoms with van der Waals surface area (Å²) in [5, 5.41) is 50.8. The predicted molar refractivity (Wildman–Crippen MR) is 99.2 cm³/mol. The Balaban J connectivity index is -0.0000000773. The molecule has 0 heterocycles. The van der Waals surface area contributed by atoms with Crippen molar-refractivity contribution in [1.29, 1.82) is 5.26 Å². The van der Waals surface area contributed by atoms with E-state index in [1.165, 1.54) is 27.7 Å². The third kappa shape index (κ3) is 33.4. The molecule has 153 valence electrons. The van der Waals surface area contributed by atoms with Gasteiger partial charge in [-0.2, -0.15) is 0 Å². The molecule has 0 saturated carbocycles. The molecule has 1 radical (unpaired) electrons. The van der Waals surface area contributed by atoms with Crippen LogP contribution >= 0.6 is 0 Å². The molecule has 1 unspecified atom stereocenters. The Labute approximate surface area is 165 Å². The van der Waals surface area contributed by atoms with E-state index < -0.39 is 0 Å². The van der Waals surface area contributed by atoms with Crippen molar-refractivity contribution in [3.63, 3.8) is 0 Å². The van der Waals surface area contributed by atoms with Gasteiger partial charge in [0.15, 0.2) is 0 Å². The normalized spacial score (nSPS) is 12.4. The van der Waals surface area contributed by atoms with Crippen LogP contribution in [-0.4, -0.2) is 49.7 Å². The molecule has 0 aliphatic carbocycles. The Bertz CT molecular complexity index is 407. The van der Waals surface area contributed by atoms with E-state index in [0.29, 0.717) is 29.3 Å². The molecule has 0 spiro atoms. The Hall–Kier alpha value is -2.16. The van der Waals surface area contributed by atoms with E-state index in [0.717, 1.165) is 6.42 Å². The summed E-state index contributed by atoms with van der Waals surface area (Å²) in [7, 11) is 0. The second-order valence-corrected chi connectivity index (χ2v) is 4.46. The zero-order valence-corrected chi connectivity index (χ0v) is 17.1. The van der Waals surface area contributed by atoms with Crippen molar-refractivity contribution >= 4 is 22.8 Å². The topological polar surface area (TPSA) is 178 Å². The number of oxime groups is 4. The molecule has 1 atom stereocenters. The molecule has 10 nitrogen and oxygen atoms in total.